The molecular weight excluding hydrogens is 238 g/mol. The summed E-state index contributed by atoms with van der Waals surface area (Å²) in [6.45, 7) is 7.38. The molecule has 1 aromatic rings. The Bertz CT molecular complexity index is 377. The van der Waals surface area contributed by atoms with E-state index in [-0.39, 0.29) is 5.75 Å². The molecule has 108 valence electrons. The van der Waals surface area contributed by atoms with Crippen LogP contribution in [0.2, 0.25) is 0 Å². The third-order valence-electron chi connectivity index (χ3n) is 3.36. The molecule has 0 aliphatic carbocycles. The van der Waals surface area contributed by atoms with Crippen molar-refractivity contribution in [1.82, 2.24) is 5.32 Å². The van der Waals surface area contributed by atoms with Gasteiger partial charge in [0, 0.05) is 18.2 Å². The van der Waals surface area contributed by atoms with Crippen LogP contribution in [0.4, 0.5) is 0 Å². The van der Waals surface area contributed by atoms with Crippen LogP contribution < -0.4 is 10.1 Å². The molecule has 0 heterocycles. The Morgan fingerprint density at radius 1 is 1.21 bits per heavy atom. The average Bonchev–Trinajstić information content (AvgIpc) is 2.37. The van der Waals surface area contributed by atoms with Crippen molar-refractivity contribution in [2.75, 3.05) is 7.11 Å². The second-order valence-electron chi connectivity index (χ2n) is 5.57. The van der Waals surface area contributed by atoms with Gasteiger partial charge in [0.25, 0.3) is 0 Å². The maximum Gasteiger partial charge on any atom is 0.162 e. The highest BCUT2D eigenvalue weighted by molar-refractivity contribution is 5.45. The Morgan fingerprint density at radius 3 is 2.58 bits per heavy atom. The molecule has 3 nitrogen and oxygen atoms in total. The number of hydrogen-bond acceptors (Lipinski definition) is 3. The second-order valence-corrected chi connectivity index (χ2v) is 5.57. The molecule has 0 aliphatic rings. The fourth-order valence-electron chi connectivity index (χ4n) is 2.09. The standard InChI is InChI=1S/C16H27NO2/c1-12(2)7-5-8-13(3)17-11-14-9-6-10-15(19-4)16(14)18/h6,9-10,12-13,17-18H,5,7-8,11H2,1-4H3. The van der Waals surface area contributed by atoms with E-state index in [0.29, 0.717) is 18.3 Å². The molecule has 19 heavy (non-hydrogen) atoms. The largest absolute Gasteiger partial charge is 0.504 e. The molecule has 1 rings (SSSR count). The van der Waals surface area contributed by atoms with Gasteiger partial charge in [-0.3, -0.25) is 0 Å². The lowest BCUT2D eigenvalue weighted by Crippen LogP contribution is -2.25. The van der Waals surface area contributed by atoms with Gasteiger partial charge in [-0.25, -0.2) is 0 Å². The van der Waals surface area contributed by atoms with Crippen LogP contribution >= 0.6 is 0 Å². The van der Waals surface area contributed by atoms with Crippen molar-refractivity contribution in [1.29, 1.82) is 0 Å². The van der Waals surface area contributed by atoms with Gasteiger partial charge in [-0.15, -0.1) is 0 Å². The number of benzene rings is 1. The highest BCUT2D eigenvalue weighted by Crippen LogP contribution is 2.29. The second kappa shape index (κ2) is 8.05. The average molecular weight is 265 g/mol. The van der Waals surface area contributed by atoms with Crippen LogP contribution in [0, 0.1) is 5.92 Å². The Morgan fingerprint density at radius 2 is 1.95 bits per heavy atom. The van der Waals surface area contributed by atoms with Crippen molar-refractivity contribution in [2.45, 2.75) is 52.6 Å². The smallest absolute Gasteiger partial charge is 0.162 e. The molecule has 0 amide bonds. The minimum Gasteiger partial charge on any atom is -0.504 e. The van der Waals surface area contributed by atoms with Crippen molar-refractivity contribution in [2.24, 2.45) is 5.92 Å². The van der Waals surface area contributed by atoms with Gasteiger partial charge in [0.2, 0.25) is 0 Å². The van der Waals surface area contributed by atoms with Gasteiger partial charge in [-0.05, 0) is 25.3 Å². The Balaban J connectivity index is 2.39. The summed E-state index contributed by atoms with van der Waals surface area (Å²) in [4.78, 5) is 0. The molecule has 1 unspecified atom stereocenters. The van der Waals surface area contributed by atoms with Crippen LogP contribution in [0.1, 0.15) is 45.6 Å². The van der Waals surface area contributed by atoms with E-state index in [2.05, 4.69) is 26.1 Å². The quantitative estimate of drug-likeness (QED) is 0.753. The van der Waals surface area contributed by atoms with Crippen molar-refractivity contribution in [3.05, 3.63) is 23.8 Å². The number of para-hydroxylation sites is 1. The first-order valence-electron chi connectivity index (χ1n) is 7.12. The zero-order chi connectivity index (χ0) is 14.3. The third kappa shape index (κ3) is 5.52. The van der Waals surface area contributed by atoms with Crippen LogP contribution in [-0.2, 0) is 6.54 Å². The monoisotopic (exact) mass is 265 g/mol. The van der Waals surface area contributed by atoms with E-state index in [4.69, 9.17) is 4.74 Å². The van der Waals surface area contributed by atoms with E-state index in [9.17, 15) is 5.11 Å². The number of phenolic OH excluding ortho intramolecular Hbond substituents is 1. The SMILES string of the molecule is COc1cccc(CNC(C)CCCC(C)C)c1O. The first kappa shape index (κ1) is 15.8. The summed E-state index contributed by atoms with van der Waals surface area (Å²) in [6, 6.07) is 6.06. The van der Waals surface area contributed by atoms with Gasteiger partial charge in [0.05, 0.1) is 7.11 Å². The number of aromatic hydroxyl groups is 1. The number of ether oxygens (including phenoxy) is 1. The summed E-state index contributed by atoms with van der Waals surface area (Å²) in [7, 11) is 1.57. The van der Waals surface area contributed by atoms with Gasteiger partial charge in [0.1, 0.15) is 0 Å². The summed E-state index contributed by atoms with van der Waals surface area (Å²) in [6.07, 6.45) is 3.69. The van der Waals surface area contributed by atoms with Gasteiger partial charge >= 0.3 is 0 Å². The predicted octanol–water partition coefficient (Wildman–Crippen LogP) is 3.71. The van der Waals surface area contributed by atoms with E-state index < -0.39 is 0 Å². The molecule has 0 aromatic heterocycles. The summed E-state index contributed by atoms with van der Waals surface area (Å²) >= 11 is 0. The number of rotatable bonds is 8. The fraction of sp³-hybridized carbons (Fsp3) is 0.625. The topological polar surface area (TPSA) is 41.5 Å². The van der Waals surface area contributed by atoms with Crippen molar-refractivity contribution >= 4 is 0 Å². The highest BCUT2D eigenvalue weighted by Gasteiger charge is 2.08. The van der Waals surface area contributed by atoms with Gasteiger partial charge in [0.15, 0.2) is 11.5 Å². The minimum atomic E-state index is 0.242. The lowest BCUT2D eigenvalue weighted by atomic mass is 10.0. The predicted molar refractivity (Wildman–Crippen MR) is 79.6 cm³/mol. The van der Waals surface area contributed by atoms with Crippen LogP contribution in [0.15, 0.2) is 18.2 Å². The lowest BCUT2D eigenvalue weighted by Gasteiger charge is -2.15. The Labute approximate surface area is 117 Å². The van der Waals surface area contributed by atoms with E-state index >= 15 is 0 Å². The summed E-state index contributed by atoms with van der Waals surface area (Å²) in [5, 5.41) is 13.4. The summed E-state index contributed by atoms with van der Waals surface area (Å²) in [5.74, 6) is 1.55. The molecular formula is C16H27NO2. The molecule has 0 saturated heterocycles. The third-order valence-corrected chi connectivity index (χ3v) is 3.36. The van der Waals surface area contributed by atoms with Crippen LogP contribution in [0.3, 0.4) is 0 Å². The molecule has 0 aliphatic heterocycles. The number of hydrogen-bond donors (Lipinski definition) is 2. The van der Waals surface area contributed by atoms with E-state index in [0.717, 1.165) is 11.5 Å². The summed E-state index contributed by atoms with van der Waals surface area (Å²) < 4.78 is 5.11. The van der Waals surface area contributed by atoms with E-state index in [1.807, 2.05) is 12.1 Å². The molecule has 0 radical (unpaired) electrons. The van der Waals surface area contributed by atoms with Crippen LogP contribution in [0.25, 0.3) is 0 Å². The van der Waals surface area contributed by atoms with Crippen LogP contribution in [-0.4, -0.2) is 18.3 Å². The summed E-state index contributed by atoms with van der Waals surface area (Å²) in [5.41, 5.74) is 0.884. The molecule has 0 bridgehead atoms. The Kier molecular flexibility index (Phi) is 6.71. The number of phenols is 1. The molecule has 0 saturated carbocycles. The van der Waals surface area contributed by atoms with E-state index in [1.54, 1.807) is 13.2 Å². The first-order valence-corrected chi connectivity index (χ1v) is 7.12. The van der Waals surface area contributed by atoms with Crippen molar-refractivity contribution < 1.29 is 9.84 Å². The normalized spacial score (nSPS) is 12.7. The molecule has 1 atom stereocenters. The van der Waals surface area contributed by atoms with E-state index in [1.165, 1.54) is 19.3 Å². The molecule has 0 spiro atoms. The molecule has 1 aromatic carbocycles. The maximum atomic E-state index is 9.99. The number of methoxy groups -OCH3 is 1. The van der Waals surface area contributed by atoms with Gasteiger partial charge < -0.3 is 15.2 Å². The van der Waals surface area contributed by atoms with Crippen molar-refractivity contribution in [3.8, 4) is 11.5 Å². The molecule has 2 N–H and O–H groups in total. The lowest BCUT2D eigenvalue weighted by molar-refractivity contribution is 0.368. The zero-order valence-electron chi connectivity index (χ0n) is 12.6. The van der Waals surface area contributed by atoms with Crippen LogP contribution in [0.5, 0.6) is 11.5 Å². The maximum absolute atomic E-state index is 9.99. The zero-order valence-corrected chi connectivity index (χ0v) is 12.6. The minimum absolute atomic E-state index is 0.242. The first-order chi connectivity index (χ1) is 9.04. The van der Waals surface area contributed by atoms with Gasteiger partial charge in [-0.1, -0.05) is 38.8 Å². The fourth-order valence-corrected chi connectivity index (χ4v) is 2.09. The Hall–Kier alpha value is -1.22. The number of nitrogens with one attached hydrogen (secondary N) is 1. The highest BCUT2D eigenvalue weighted by atomic mass is 16.5. The molecule has 0 fully saturated rings. The van der Waals surface area contributed by atoms with Gasteiger partial charge in [-0.2, -0.15) is 0 Å². The van der Waals surface area contributed by atoms with Crippen molar-refractivity contribution in [3.63, 3.8) is 0 Å². The molecule has 3 heteroatoms.